The molecular formula is C18H10NO+. The van der Waals surface area contributed by atoms with Crippen LogP contribution in [0.3, 0.4) is 0 Å². The fraction of sp³-hybridized carbons (Fsp3) is 0.111. The van der Waals surface area contributed by atoms with Crippen molar-refractivity contribution < 1.29 is 10.5 Å². The van der Waals surface area contributed by atoms with Crippen molar-refractivity contribution in [1.82, 2.24) is 0 Å². The van der Waals surface area contributed by atoms with Gasteiger partial charge in [-0.1, -0.05) is 11.5 Å². The van der Waals surface area contributed by atoms with Gasteiger partial charge in [-0.25, -0.2) is 0 Å². The Morgan fingerprint density at radius 1 is 0.900 bits per heavy atom. The van der Waals surface area contributed by atoms with E-state index in [0.717, 1.165) is 0 Å². The predicted molar refractivity (Wildman–Crippen MR) is 73.2 cm³/mol. The lowest BCUT2D eigenvalue weighted by atomic mass is 10.2. The summed E-state index contributed by atoms with van der Waals surface area (Å²) in [7, 11) is 0. The fourth-order valence-electron chi connectivity index (χ4n) is 0.611. The molecule has 3 N–H and O–H groups in total. The Hall–Kier alpha value is -3.49. The van der Waals surface area contributed by atoms with Crippen LogP contribution in [0.1, 0.15) is 6.92 Å². The first-order valence-corrected chi connectivity index (χ1v) is 5.41. The van der Waals surface area contributed by atoms with Crippen LogP contribution in [0, 0.1) is 0 Å². The molecule has 0 aliphatic carbocycles. The number of carbonyl (C=O) groups excluding carboxylic acids is 1. The van der Waals surface area contributed by atoms with Gasteiger partial charge in [-0.3, -0.25) is 4.79 Å². The highest BCUT2D eigenvalue weighted by atomic mass is 16.1. The second-order valence-corrected chi connectivity index (χ2v) is 3.14. The van der Waals surface area contributed by atoms with Crippen LogP contribution in [0.4, 0.5) is 0 Å². The van der Waals surface area contributed by atoms with Crippen molar-refractivity contribution in [2.45, 2.75) is 13.0 Å². The molecule has 0 radical (unpaired) electrons. The minimum Gasteiger partial charge on any atom is -0.349 e. The van der Waals surface area contributed by atoms with Gasteiger partial charge in [0.05, 0.1) is 0 Å². The van der Waals surface area contributed by atoms with Gasteiger partial charge < -0.3 is 5.73 Å². The van der Waals surface area contributed by atoms with Gasteiger partial charge in [0.15, 0.2) is 0 Å². The average molecular weight is 256 g/mol. The smallest absolute Gasteiger partial charge is 0.220 e. The number of rotatable bonds is 2. The van der Waals surface area contributed by atoms with Gasteiger partial charge in [0, 0.05) is 6.08 Å². The number of ketones is 1. The lowest BCUT2D eigenvalue weighted by molar-refractivity contribution is -0.396. The molecule has 0 aromatic heterocycles. The van der Waals surface area contributed by atoms with Crippen LogP contribution >= 0.6 is 0 Å². The summed E-state index contributed by atoms with van der Waals surface area (Å²) in [5, 5.41) is 0. The van der Waals surface area contributed by atoms with E-state index in [9.17, 15) is 4.79 Å². The topological polar surface area (TPSA) is 44.7 Å². The maximum absolute atomic E-state index is 11.1. The molecule has 0 bridgehead atoms. The zero-order valence-corrected chi connectivity index (χ0v) is 11.0. The van der Waals surface area contributed by atoms with Crippen molar-refractivity contribution in [3.8, 4) is 0 Å². The Morgan fingerprint density at radius 2 is 1.30 bits per heavy atom. The summed E-state index contributed by atoms with van der Waals surface area (Å²) in [6.45, 7) is 4.99. The highest BCUT2D eigenvalue weighted by Gasteiger charge is 2.04. The fourth-order valence-corrected chi connectivity index (χ4v) is 0.611. The number of carbonyl (C=O) groups is 1. The standard InChI is InChI=1S/C18H9NO/c1-3-4-5-6-7-8-9-10-11-12-13-14-15-16-18(20)17(2)19/h16-17H,1,19H2,2H3/p+1/t17-/m1/s1. The highest BCUT2D eigenvalue weighted by molar-refractivity contribution is 5.92. The lowest BCUT2D eigenvalue weighted by Crippen LogP contribution is -2.62. The first kappa shape index (κ1) is 16.5. The molecule has 0 unspecified atom stereocenters. The maximum Gasteiger partial charge on any atom is 0.220 e. The predicted octanol–water partition coefficient (Wildman–Crippen LogP) is 1.39. The molecule has 0 aliphatic heterocycles. The number of hydrogen-bond acceptors (Lipinski definition) is 1. The Bertz CT molecular complexity index is 864. The van der Waals surface area contributed by atoms with E-state index in [4.69, 9.17) is 0 Å². The Balaban J connectivity index is 5.44. The molecule has 0 spiro atoms. The summed E-state index contributed by atoms with van der Waals surface area (Å²) in [6.07, 6.45) is 1.25. The van der Waals surface area contributed by atoms with Gasteiger partial charge in [-0.15, -0.1) is 0 Å². The second kappa shape index (κ2) is 12.0. The quantitative estimate of drug-likeness (QED) is 0.589. The van der Waals surface area contributed by atoms with E-state index < -0.39 is 0 Å². The summed E-state index contributed by atoms with van der Waals surface area (Å²) in [5.74, 6) is -0.132. The SMILES string of the molecule is C=C=C=C=C=C=C=C=C=C=C=C=C=C=CC(=O)[C@@H](C)[NH3+]. The zero-order valence-electron chi connectivity index (χ0n) is 11.0. The van der Waals surface area contributed by atoms with Crippen LogP contribution in [0.2, 0.25) is 0 Å². The lowest BCUT2D eigenvalue weighted by Gasteiger charge is -1.89. The van der Waals surface area contributed by atoms with E-state index in [2.05, 4.69) is 86.8 Å². The Labute approximate surface area is 117 Å². The molecule has 0 rings (SSSR count). The van der Waals surface area contributed by atoms with Gasteiger partial charge in [-0.2, -0.15) is 0 Å². The van der Waals surface area contributed by atoms with E-state index in [1.165, 1.54) is 6.08 Å². The highest BCUT2D eigenvalue weighted by Crippen LogP contribution is 1.76. The van der Waals surface area contributed by atoms with Gasteiger partial charge in [0.1, 0.15) is 6.04 Å². The van der Waals surface area contributed by atoms with Crippen molar-refractivity contribution >= 4 is 5.78 Å². The number of quaternary nitrogens is 1. The molecule has 0 fully saturated rings. The van der Waals surface area contributed by atoms with E-state index in [-0.39, 0.29) is 11.8 Å². The molecule has 0 aromatic carbocycles. The van der Waals surface area contributed by atoms with Crippen molar-refractivity contribution in [2.24, 2.45) is 0 Å². The number of hydrogen-bond donors (Lipinski definition) is 1. The Morgan fingerprint density at radius 3 is 1.70 bits per heavy atom. The first-order chi connectivity index (χ1) is 9.68. The van der Waals surface area contributed by atoms with Crippen molar-refractivity contribution in [3.05, 3.63) is 87.2 Å². The van der Waals surface area contributed by atoms with Crippen LogP contribution in [0.25, 0.3) is 0 Å². The molecule has 92 valence electrons. The van der Waals surface area contributed by atoms with Crippen molar-refractivity contribution in [2.75, 3.05) is 0 Å². The van der Waals surface area contributed by atoms with Gasteiger partial charge in [0.2, 0.25) is 5.78 Å². The molecule has 0 heterocycles. The average Bonchev–Trinajstić information content (AvgIpc) is 2.43. The summed E-state index contributed by atoms with van der Waals surface area (Å²) >= 11 is 0. The molecule has 20 heavy (non-hydrogen) atoms. The largest absolute Gasteiger partial charge is 0.349 e. The van der Waals surface area contributed by atoms with Crippen LogP contribution in [-0.2, 0) is 4.79 Å². The zero-order chi connectivity index (χ0) is 15.1. The minimum atomic E-state index is -0.303. The molecule has 0 aliphatic rings. The maximum atomic E-state index is 11.1. The minimum absolute atomic E-state index is 0.132. The second-order valence-electron chi connectivity index (χ2n) is 3.14. The molecule has 0 saturated carbocycles. The van der Waals surface area contributed by atoms with E-state index in [1.807, 2.05) is 0 Å². The summed E-state index contributed by atoms with van der Waals surface area (Å²) in [6, 6.07) is -0.303. The van der Waals surface area contributed by atoms with E-state index >= 15 is 0 Å². The van der Waals surface area contributed by atoms with E-state index in [0.29, 0.717) is 0 Å². The van der Waals surface area contributed by atoms with Gasteiger partial charge in [0.25, 0.3) is 0 Å². The molecule has 2 heteroatoms. The van der Waals surface area contributed by atoms with E-state index in [1.54, 1.807) is 6.92 Å². The molecule has 1 atom stereocenters. The molecule has 0 aromatic rings. The van der Waals surface area contributed by atoms with Crippen molar-refractivity contribution in [1.29, 1.82) is 0 Å². The summed E-state index contributed by atoms with van der Waals surface area (Å²) in [5.41, 5.74) is 35.6. The monoisotopic (exact) mass is 256 g/mol. The van der Waals surface area contributed by atoms with Crippen LogP contribution in [-0.4, -0.2) is 11.8 Å². The molecule has 0 saturated heterocycles. The molecule has 0 amide bonds. The first-order valence-electron chi connectivity index (χ1n) is 5.41. The molecule has 2 nitrogen and oxygen atoms in total. The summed E-state index contributed by atoms with van der Waals surface area (Å²) < 4.78 is 0. The van der Waals surface area contributed by atoms with Crippen LogP contribution < -0.4 is 5.73 Å². The van der Waals surface area contributed by atoms with Crippen molar-refractivity contribution in [3.63, 3.8) is 0 Å². The van der Waals surface area contributed by atoms with Gasteiger partial charge >= 0.3 is 0 Å². The Kier molecular flexibility index (Phi) is 9.89. The van der Waals surface area contributed by atoms with Gasteiger partial charge in [-0.05, 0) is 76.5 Å². The van der Waals surface area contributed by atoms with Crippen LogP contribution in [0.5, 0.6) is 0 Å². The molecular weight excluding hydrogens is 246 g/mol. The third kappa shape index (κ3) is 11.0. The van der Waals surface area contributed by atoms with Crippen LogP contribution in [0.15, 0.2) is 87.2 Å². The summed E-state index contributed by atoms with van der Waals surface area (Å²) in [4.78, 5) is 11.1. The third-order valence-electron chi connectivity index (χ3n) is 1.49. The third-order valence-corrected chi connectivity index (χ3v) is 1.49. The normalized spacial score (nSPS) is 7.10.